The summed E-state index contributed by atoms with van der Waals surface area (Å²) >= 11 is 0. The third-order valence-electron chi connectivity index (χ3n) is 16.4. The molecule has 7 aromatic carbocycles. The minimum absolute atomic E-state index is 0. The van der Waals surface area contributed by atoms with Crippen LogP contribution in [0.4, 0.5) is 28.4 Å². The smallest absolute Gasteiger partial charge is 0.257 e. The van der Waals surface area contributed by atoms with Crippen LogP contribution in [0, 0.1) is 137 Å². The Hall–Kier alpha value is -3.32. The first-order valence-electron chi connectivity index (χ1n) is 32.1. The molecule has 0 amide bonds. The third-order valence-corrected chi connectivity index (χ3v) is 16.4. The van der Waals surface area contributed by atoms with Crippen LogP contribution in [0.3, 0.4) is 0 Å². The molecule has 12 nitrogen and oxygen atoms in total. The molecule has 0 aliphatic carbocycles. The summed E-state index contributed by atoms with van der Waals surface area (Å²) in [4.78, 5) is 43.1. The maximum absolute atomic E-state index is 7.65. The van der Waals surface area contributed by atoms with Gasteiger partial charge in [0.2, 0.25) is 47.3 Å². The van der Waals surface area contributed by atoms with E-state index in [1.807, 2.05) is 238 Å². The second-order valence-electron chi connectivity index (χ2n) is 28.1. The van der Waals surface area contributed by atoms with Crippen LogP contribution in [0.15, 0.2) is 140 Å². The summed E-state index contributed by atoms with van der Waals surface area (Å²) in [6.45, 7) is 127. The molecule has 0 saturated heterocycles. The number of nitrogens with zero attached hydrogens (tertiary/aromatic N) is 12. The fourth-order valence-electron chi connectivity index (χ4n) is 11.2. The number of aryl methyl sites for hydroxylation is 6. The summed E-state index contributed by atoms with van der Waals surface area (Å²) in [6.07, 6.45) is 0.546. The largest absolute Gasteiger partial charge is 0.310 e. The van der Waals surface area contributed by atoms with Crippen molar-refractivity contribution in [2.75, 3.05) is 0 Å². The third kappa shape index (κ3) is 39.5. The minimum atomic E-state index is -0.279. The molecule has 7 unspecified atom stereocenters. The average molecular weight is 3630 g/mol. The van der Waals surface area contributed by atoms with Gasteiger partial charge >= 0.3 is 0 Å². The van der Waals surface area contributed by atoms with Crippen LogP contribution in [0.1, 0.15) is 224 Å². The molecule has 0 aromatic heterocycles. The van der Waals surface area contributed by atoms with Crippen molar-refractivity contribution in [3.63, 3.8) is 0 Å². The Morgan fingerprint density at radius 1 is 0.264 bits per heavy atom. The zero-order valence-corrected chi connectivity index (χ0v) is 92.0. The molecular formula is C86H92N12Pt12. The van der Waals surface area contributed by atoms with Crippen molar-refractivity contribution in [3.8, 4) is 0 Å². The van der Waals surface area contributed by atoms with E-state index >= 15 is 0 Å². The molecule has 110 heavy (non-hydrogen) atoms. The van der Waals surface area contributed by atoms with Crippen molar-refractivity contribution in [2.24, 2.45) is 16.2 Å². The Bertz CT molecular complexity index is 4380. The molecule has 24 heteroatoms. The number of hydrogen-bond acceptors (Lipinski definition) is 0. The van der Waals surface area contributed by atoms with Gasteiger partial charge in [0.05, 0.1) is 32.9 Å². The Morgan fingerprint density at radius 3 is 0.818 bits per heavy atom. The molecule has 0 N–H and O–H groups in total. The van der Waals surface area contributed by atoms with E-state index in [9.17, 15) is 0 Å². The van der Waals surface area contributed by atoms with Gasteiger partial charge in [0.15, 0.2) is 11.4 Å². The first-order valence-corrected chi connectivity index (χ1v) is 32.1. The van der Waals surface area contributed by atoms with Crippen molar-refractivity contribution in [2.45, 2.75) is 193 Å². The zero-order valence-electron chi connectivity index (χ0n) is 64.7. The van der Waals surface area contributed by atoms with Crippen molar-refractivity contribution in [3.05, 3.63) is 354 Å². The predicted molar refractivity (Wildman–Crippen MR) is 403 cm³/mol. The van der Waals surface area contributed by atoms with Gasteiger partial charge in [0.25, 0.3) is 12.1 Å². The van der Waals surface area contributed by atoms with Crippen molar-refractivity contribution < 1.29 is 253 Å². The number of benzene rings is 7. The van der Waals surface area contributed by atoms with Gasteiger partial charge in [-0.1, -0.05) is 223 Å². The number of rotatable bonds is 9. The van der Waals surface area contributed by atoms with Gasteiger partial charge < -0.3 is 33.9 Å². The molecule has 0 heterocycles. The van der Waals surface area contributed by atoms with E-state index in [1.165, 1.54) is 0 Å². The summed E-state index contributed by atoms with van der Waals surface area (Å²) in [6, 6.07) is 42.3. The maximum Gasteiger partial charge on any atom is 0.257 e. The molecule has 7 atom stereocenters. The zero-order chi connectivity index (χ0) is 74.5. The fourth-order valence-corrected chi connectivity index (χ4v) is 11.2. The van der Waals surface area contributed by atoms with E-state index < -0.39 is 0 Å². The first-order chi connectivity index (χ1) is 46.0. The molecule has 0 aliphatic rings. The van der Waals surface area contributed by atoms with Crippen LogP contribution in [0.25, 0.3) is 58.1 Å². The van der Waals surface area contributed by atoms with Crippen molar-refractivity contribution >= 4 is 28.4 Å². The molecule has 7 rings (SSSR count). The molecule has 0 saturated carbocycles. The molecule has 0 fully saturated rings. The first kappa shape index (κ1) is 130. The van der Waals surface area contributed by atoms with Crippen LogP contribution < -0.4 is 0 Å². The summed E-state index contributed by atoms with van der Waals surface area (Å²) in [7, 11) is 0. The van der Waals surface area contributed by atoms with Crippen LogP contribution in [0.2, 0.25) is 0 Å². The Kier molecular flexibility index (Phi) is 75.5. The monoisotopic (exact) mass is 3630 g/mol. The number of para-hydroxylation sites is 5. The molecule has 7 aromatic rings. The number of hydrogen-bond donors (Lipinski definition) is 0. The molecular weight excluding hydrogens is 3540 g/mol. The fraction of sp³-hybridized carbons (Fsp3) is 0.372. The maximum atomic E-state index is 7.65. The van der Waals surface area contributed by atoms with Crippen LogP contribution in [-0.4, -0.2) is 0 Å². The SMILES string of the molecule is [C-]#[N+]C(CC([N+]#[C-])c1c(C)cccc1C)c1c(C)cccc1C.[C-]#[N+]c1c(C([N+]#[C-])C(C)(C)C)cccc1C(C)(C)C.[C-]#[N+]c1c(C)cccc1C(C)[N+]#[C-].[C-]#[N+]c1c(C)cccc1C([N+]#[C-])C(C)(C)C.[C-]#[N+]c1ccccc1C(C)[N+]#[C-].[C-]#[N+]c1ccccc1C([N+]#[C-])C(C)(C)C.[Pt].[Pt].[Pt].[Pt].[Pt].[Pt].[Pt].[Pt].[Pt].[Pt].[Pt].[Pt]. The average Bonchev–Trinajstić information content (AvgIpc) is 0.831. The second kappa shape index (κ2) is 63.8. The molecule has 616 valence electrons. The van der Waals surface area contributed by atoms with Crippen LogP contribution in [0.5, 0.6) is 0 Å². The van der Waals surface area contributed by atoms with Gasteiger partial charge in [-0.3, -0.25) is 0 Å². The second-order valence-corrected chi connectivity index (χ2v) is 28.1. The van der Waals surface area contributed by atoms with Gasteiger partial charge in [-0.05, 0) is 85.9 Å². The molecule has 0 bridgehead atoms. The predicted octanol–water partition coefficient (Wildman–Crippen LogP) is 27.0. The van der Waals surface area contributed by atoms with Gasteiger partial charge in [-0.15, -0.1) is 0 Å². The van der Waals surface area contributed by atoms with Gasteiger partial charge in [-0.2, -0.15) is 0 Å². The van der Waals surface area contributed by atoms with Crippen LogP contribution >= 0.6 is 0 Å². The van der Waals surface area contributed by atoms with Gasteiger partial charge in [0, 0.05) is 322 Å². The van der Waals surface area contributed by atoms with E-state index in [2.05, 4.69) is 78.9 Å². The van der Waals surface area contributed by atoms with E-state index in [-0.39, 0.29) is 317 Å². The Morgan fingerprint density at radius 2 is 0.518 bits per heavy atom. The standard InChI is InChI=1S/C21H22N2.C17H22N2.C14H16N2.C13H14N2.C11H10N2.C10H8N2.12Pt/c1-14-9-7-10-15(2)20(14)18(22-5)13-19(23-6)21-16(3)11-8-12-17(21)4;1-16(2,3)13-11-9-10-12(14(13)18-7)15(19-8)17(4,5)6;1-10-8-7-9-11(12(10)15-5)13(16-6)14(2,3)4;1-13(2,3)12(15-5)10-8-6-7-9-11(10)14-4;1-8-6-5-7-10(9(2)12-3)11(8)13-4;1-8(11-2)9-6-4-5-7-10(9)12-3;;;;;;;;;;;;/h7-12,18-19H,13H2,1-4H3;9-11,15H,1-6H3;7-9,13H,1-4H3;6-9,12H,1-3H3;5-7,9H,1-2H3;4-8H,1H3;;;;;;;;;;;;. The Balaban J connectivity index is -0.000000118. The van der Waals surface area contributed by atoms with Gasteiger partial charge in [0.1, 0.15) is 6.42 Å². The van der Waals surface area contributed by atoms with E-state index in [1.54, 1.807) is 19.1 Å². The molecule has 0 radical (unpaired) electrons. The quantitative estimate of drug-likeness (QED) is 0.129. The van der Waals surface area contributed by atoms with E-state index in [0.29, 0.717) is 34.9 Å². The van der Waals surface area contributed by atoms with E-state index in [0.717, 1.165) is 77.9 Å². The van der Waals surface area contributed by atoms with Crippen molar-refractivity contribution in [1.82, 2.24) is 0 Å². The topological polar surface area (TPSA) is 52.3 Å². The normalized spacial score (nSPS) is 11.2. The minimum Gasteiger partial charge on any atom is -0.310 e. The van der Waals surface area contributed by atoms with E-state index in [4.69, 9.17) is 78.9 Å². The van der Waals surface area contributed by atoms with Crippen molar-refractivity contribution in [1.29, 1.82) is 0 Å². The molecule has 0 aliphatic heterocycles. The summed E-state index contributed by atoms with van der Waals surface area (Å²) < 4.78 is 0. The molecule has 0 spiro atoms. The summed E-state index contributed by atoms with van der Waals surface area (Å²) in [5, 5.41) is 0. The van der Waals surface area contributed by atoms with Crippen LogP contribution in [-0.2, 0) is 258 Å². The van der Waals surface area contributed by atoms with Gasteiger partial charge in [-0.25, -0.2) is 70.2 Å². The Labute approximate surface area is 833 Å². The summed E-state index contributed by atoms with van der Waals surface area (Å²) in [5.74, 6) is 0. The summed E-state index contributed by atoms with van der Waals surface area (Å²) in [5.41, 5.74) is 16.4.